The Morgan fingerprint density at radius 3 is 2.38 bits per heavy atom. The molecule has 5 nitrogen and oxygen atoms in total. The van der Waals surface area contributed by atoms with Gasteiger partial charge in [-0.1, -0.05) is 37.6 Å². The molecular weight excluding hydrogens is 332 g/mol. The van der Waals surface area contributed by atoms with Gasteiger partial charge < -0.3 is 19.3 Å². The van der Waals surface area contributed by atoms with Crippen LogP contribution in [0.25, 0.3) is 0 Å². The minimum Gasteiger partial charge on any atom is -0.493 e. The van der Waals surface area contributed by atoms with Crippen LogP contribution in [0.15, 0.2) is 42.5 Å². The summed E-state index contributed by atoms with van der Waals surface area (Å²) in [5.74, 6) is 1.14. The molecule has 0 radical (unpaired) electrons. The van der Waals surface area contributed by atoms with E-state index >= 15 is 0 Å². The smallest absolute Gasteiger partial charge is 0.303 e. The fourth-order valence-corrected chi connectivity index (χ4v) is 2.67. The number of aryl methyl sites for hydroxylation is 2. The third kappa shape index (κ3) is 5.99. The first-order valence-electron chi connectivity index (χ1n) is 8.86. The van der Waals surface area contributed by atoms with Crippen LogP contribution in [-0.4, -0.2) is 31.4 Å². The first-order valence-corrected chi connectivity index (χ1v) is 8.86. The van der Waals surface area contributed by atoms with E-state index in [2.05, 4.69) is 19.1 Å². The molecule has 0 aliphatic rings. The first kappa shape index (κ1) is 19.6. The highest BCUT2D eigenvalue weighted by Gasteiger charge is 2.12. The molecule has 5 heteroatoms. The number of aliphatic carboxylic acids is 1. The van der Waals surface area contributed by atoms with E-state index in [4.69, 9.17) is 19.3 Å². The molecule has 0 atom stereocenters. The van der Waals surface area contributed by atoms with Gasteiger partial charge in [-0.3, -0.25) is 4.79 Å². The maximum absolute atomic E-state index is 10.8. The van der Waals surface area contributed by atoms with E-state index in [-0.39, 0.29) is 6.42 Å². The molecule has 140 valence electrons. The van der Waals surface area contributed by atoms with E-state index < -0.39 is 5.97 Å². The van der Waals surface area contributed by atoms with Crippen LogP contribution >= 0.6 is 0 Å². The summed E-state index contributed by atoms with van der Waals surface area (Å²) in [6, 6.07) is 13.6. The van der Waals surface area contributed by atoms with Crippen molar-refractivity contribution in [1.82, 2.24) is 0 Å². The average Bonchev–Trinajstić information content (AvgIpc) is 2.65. The predicted octanol–water partition coefficient (Wildman–Crippen LogP) is 4.12. The summed E-state index contributed by atoms with van der Waals surface area (Å²) < 4.78 is 16.9. The Bertz CT molecular complexity index is 694. The Morgan fingerprint density at radius 2 is 1.73 bits per heavy atom. The number of rotatable bonds is 11. The second-order valence-corrected chi connectivity index (χ2v) is 5.93. The van der Waals surface area contributed by atoms with Gasteiger partial charge in [-0.2, -0.15) is 0 Å². The fraction of sp³-hybridized carbons (Fsp3) is 0.381. The molecule has 0 saturated carbocycles. The summed E-state index contributed by atoms with van der Waals surface area (Å²) in [6.07, 6.45) is 2.62. The Morgan fingerprint density at radius 1 is 1.00 bits per heavy atom. The highest BCUT2D eigenvalue weighted by atomic mass is 16.5. The number of hydrogen-bond donors (Lipinski definition) is 1. The van der Waals surface area contributed by atoms with Crippen LogP contribution in [0.5, 0.6) is 17.2 Å². The SMILES string of the molecule is CCCc1ccc(OCCOc2c(CCC(=O)O)cccc2OC)cc1. The van der Waals surface area contributed by atoms with E-state index in [1.807, 2.05) is 24.3 Å². The van der Waals surface area contributed by atoms with E-state index in [9.17, 15) is 4.79 Å². The van der Waals surface area contributed by atoms with Gasteiger partial charge in [-0.15, -0.1) is 0 Å². The quantitative estimate of drug-likeness (QED) is 0.612. The number of methoxy groups -OCH3 is 1. The molecule has 0 aromatic heterocycles. The summed E-state index contributed by atoms with van der Waals surface area (Å²) in [5.41, 5.74) is 2.11. The number of carbonyl (C=O) groups is 1. The summed E-state index contributed by atoms with van der Waals surface area (Å²) in [6.45, 7) is 2.89. The van der Waals surface area contributed by atoms with Crippen molar-refractivity contribution in [2.45, 2.75) is 32.6 Å². The molecule has 2 rings (SSSR count). The number of carboxylic acid groups (broad SMARTS) is 1. The van der Waals surface area contributed by atoms with Crippen LogP contribution in [0.2, 0.25) is 0 Å². The molecule has 0 bridgehead atoms. The number of ether oxygens (including phenoxy) is 3. The van der Waals surface area contributed by atoms with Crippen molar-refractivity contribution >= 4 is 5.97 Å². The van der Waals surface area contributed by atoms with Gasteiger partial charge in [0.05, 0.1) is 7.11 Å². The highest BCUT2D eigenvalue weighted by Crippen LogP contribution is 2.32. The lowest BCUT2D eigenvalue weighted by Crippen LogP contribution is -2.11. The van der Waals surface area contributed by atoms with Crippen LogP contribution in [-0.2, 0) is 17.6 Å². The zero-order chi connectivity index (χ0) is 18.8. The number of hydrogen-bond acceptors (Lipinski definition) is 4. The zero-order valence-corrected chi connectivity index (χ0v) is 15.4. The van der Waals surface area contributed by atoms with Crippen LogP contribution in [0.1, 0.15) is 30.9 Å². The lowest BCUT2D eigenvalue weighted by molar-refractivity contribution is -0.136. The molecule has 2 aromatic rings. The van der Waals surface area contributed by atoms with Gasteiger partial charge in [0.25, 0.3) is 0 Å². The zero-order valence-electron chi connectivity index (χ0n) is 15.4. The molecule has 2 aromatic carbocycles. The third-order valence-corrected chi connectivity index (χ3v) is 3.95. The van der Waals surface area contributed by atoms with E-state index in [1.165, 1.54) is 5.56 Å². The molecular formula is C21H26O5. The summed E-state index contributed by atoms with van der Waals surface area (Å²) in [4.78, 5) is 10.8. The number of benzene rings is 2. The highest BCUT2D eigenvalue weighted by molar-refractivity contribution is 5.67. The van der Waals surface area contributed by atoms with Crippen LogP contribution in [0.4, 0.5) is 0 Å². The minimum absolute atomic E-state index is 0.0458. The van der Waals surface area contributed by atoms with Crippen LogP contribution < -0.4 is 14.2 Å². The monoisotopic (exact) mass is 358 g/mol. The lowest BCUT2D eigenvalue weighted by Gasteiger charge is -2.15. The molecule has 0 heterocycles. The summed E-state index contributed by atoms with van der Waals surface area (Å²) in [7, 11) is 1.57. The second-order valence-electron chi connectivity index (χ2n) is 5.93. The first-order chi connectivity index (χ1) is 12.6. The second kappa shape index (κ2) is 10.3. The average molecular weight is 358 g/mol. The van der Waals surface area contributed by atoms with E-state index in [0.717, 1.165) is 24.2 Å². The summed E-state index contributed by atoms with van der Waals surface area (Å²) >= 11 is 0. The Balaban J connectivity index is 1.90. The van der Waals surface area contributed by atoms with Crippen molar-refractivity contribution in [3.8, 4) is 17.2 Å². The van der Waals surface area contributed by atoms with E-state index in [0.29, 0.717) is 31.1 Å². The molecule has 0 spiro atoms. The van der Waals surface area contributed by atoms with E-state index in [1.54, 1.807) is 13.2 Å². The normalized spacial score (nSPS) is 10.4. The van der Waals surface area contributed by atoms with Gasteiger partial charge >= 0.3 is 5.97 Å². The van der Waals surface area contributed by atoms with Gasteiger partial charge in [0.2, 0.25) is 0 Å². The van der Waals surface area contributed by atoms with Gasteiger partial charge in [0.15, 0.2) is 11.5 Å². The molecule has 0 unspecified atom stereocenters. The Labute approximate surface area is 154 Å². The molecule has 0 aliphatic carbocycles. The Kier molecular flexibility index (Phi) is 7.80. The van der Waals surface area contributed by atoms with Gasteiger partial charge in [-0.25, -0.2) is 0 Å². The van der Waals surface area contributed by atoms with Crippen LogP contribution in [0, 0.1) is 0 Å². The van der Waals surface area contributed by atoms with Crippen molar-refractivity contribution in [1.29, 1.82) is 0 Å². The molecule has 26 heavy (non-hydrogen) atoms. The lowest BCUT2D eigenvalue weighted by atomic mass is 10.1. The topological polar surface area (TPSA) is 65.0 Å². The third-order valence-electron chi connectivity index (χ3n) is 3.95. The molecule has 0 saturated heterocycles. The van der Waals surface area contributed by atoms with Crippen molar-refractivity contribution in [3.05, 3.63) is 53.6 Å². The Hall–Kier alpha value is -2.69. The predicted molar refractivity (Wildman–Crippen MR) is 100 cm³/mol. The maximum atomic E-state index is 10.8. The number of para-hydroxylation sites is 1. The van der Waals surface area contributed by atoms with Crippen LogP contribution in [0.3, 0.4) is 0 Å². The standard InChI is InChI=1S/C21H26O5/c1-3-5-16-8-11-18(12-9-16)25-14-15-26-21-17(10-13-20(22)23)6-4-7-19(21)24-2/h4,6-9,11-12H,3,5,10,13-15H2,1-2H3,(H,22,23). The largest absolute Gasteiger partial charge is 0.493 e. The van der Waals surface area contributed by atoms with Crippen molar-refractivity contribution < 1.29 is 24.1 Å². The molecule has 0 aliphatic heterocycles. The molecule has 0 amide bonds. The minimum atomic E-state index is -0.839. The van der Waals surface area contributed by atoms with Gasteiger partial charge in [0.1, 0.15) is 19.0 Å². The number of carboxylic acids is 1. The molecule has 0 fully saturated rings. The fourth-order valence-electron chi connectivity index (χ4n) is 2.67. The van der Waals surface area contributed by atoms with Gasteiger partial charge in [-0.05, 0) is 42.2 Å². The van der Waals surface area contributed by atoms with Gasteiger partial charge in [0, 0.05) is 6.42 Å². The van der Waals surface area contributed by atoms with Crippen molar-refractivity contribution in [2.75, 3.05) is 20.3 Å². The molecule has 1 N–H and O–H groups in total. The maximum Gasteiger partial charge on any atom is 0.303 e. The van der Waals surface area contributed by atoms with Crippen molar-refractivity contribution in [2.24, 2.45) is 0 Å². The summed E-state index contributed by atoms with van der Waals surface area (Å²) in [5, 5.41) is 8.89. The van der Waals surface area contributed by atoms with Crippen molar-refractivity contribution in [3.63, 3.8) is 0 Å².